The molecule has 0 saturated heterocycles. The van der Waals surface area contributed by atoms with Crippen molar-refractivity contribution in [1.29, 1.82) is 0 Å². The van der Waals surface area contributed by atoms with Gasteiger partial charge in [0.05, 0.1) is 18.6 Å². The third-order valence-electron chi connectivity index (χ3n) is 1.98. The average Bonchev–Trinajstić information content (AvgIpc) is 2.21. The van der Waals surface area contributed by atoms with Gasteiger partial charge in [0.25, 0.3) is 5.56 Å². The summed E-state index contributed by atoms with van der Waals surface area (Å²) < 4.78 is 6.21. The first kappa shape index (κ1) is 11.6. The molecule has 0 aliphatic rings. The Morgan fingerprint density at radius 1 is 1.73 bits per heavy atom. The van der Waals surface area contributed by atoms with Crippen LogP contribution < -0.4 is 16.0 Å². The van der Waals surface area contributed by atoms with Gasteiger partial charge >= 0.3 is 0 Å². The summed E-state index contributed by atoms with van der Waals surface area (Å²) in [5.74, 6) is 0.321. The molecule has 0 bridgehead atoms. The van der Waals surface area contributed by atoms with Crippen molar-refractivity contribution in [2.24, 2.45) is 11.7 Å². The van der Waals surface area contributed by atoms with Crippen molar-refractivity contribution in [3.05, 3.63) is 22.5 Å². The van der Waals surface area contributed by atoms with E-state index in [4.69, 9.17) is 22.7 Å². The van der Waals surface area contributed by atoms with E-state index >= 15 is 0 Å². The van der Waals surface area contributed by atoms with Crippen LogP contribution in [0, 0.1) is 5.92 Å². The Balaban J connectivity index is 2.93. The number of hydrogen-bond donors (Lipinski definition) is 1. The van der Waals surface area contributed by atoms with Crippen LogP contribution in [0.2, 0.25) is 0 Å². The fourth-order valence-corrected chi connectivity index (χ4v) is 1.09. The van der Waals surface area contributed by atoms with Crippen molar-refractivity contribution in [2.75, 3.05) is 7.11 Å². The highest BCUT2D eigenvalue weighted by molar-refractivity contribution is 7.80. The third-order valence-corrected chi connectivity index (χ3v) is 2.39. The predicted molar refractivity (Wildman–Crippen MR) is 61.0 cm³/mol. The molecule has 2 N–H and O–H groups in total. The maximum Gasteiger partial charge on any atom is 0.267 e. The highest BCUT2D eigenvalue weighted by Gasteiger charge is 2.08. The summed E-state index contributed by atoms with van der Waals surface area (Å²) in [4.78, 5) is 11.8. The van der Waals surface area contributed by atoms with Crippen LogP contribution in [-0.4, -0.2) is 21.9 Å². The minimum absolute atomic E-state index is 0.0719. The van der Waals surface area contributed by atoms with E-state index in [0.717, 1.165) is 0 Å². The first-order valence-corrected chi connectivity index (χ1v) is 4.87. The summed E-state index contributed by atoms with van der Waals surface area (Å²) in [5, 5.41) is 3.98. The van der Waals surface area contributed by atoms with E-state index in [-0.39, 0.29) is 11.5 Å². The van der Waals surface area contributed by atoms with Gasteiger partial charge in [-0.15, -0.1) is 5.10 Å². The van der Waals surface area contributed by atoms with Gasteiger partial charge in [0.15, 0.2) is 0 Å². The molecule has 1 unspecified atom stereocenters. The smallest absolute Gasteiger partial charge is 0.267 e. The topological polar surface area (TPSA) is 70.1 Å². The van der Waals surface area contributed by atoms with Crippen molar-refractivity contribution in [3.8, 4) is 5.88 Å². The molecule has 0 saturated carbocycles. The first-order chi connectivity index (χ1) is 7.04. The average molecular weight is 227 g/mol. The van der Waals surface area contributed by atoms with E-state index in [1.165, 1.54) is 23.9 Å². The van der Waals surface area contributed by atoms with Crippen molar-refractivity contribution >= 4 is 17.2 Å². The highest BCUT2D eigenvalue weighted by Crippen LogP contribution is 2.02. The molecule has 0 fully saturated rings. The van der Waals surface area contributed by atoms with Crippen LogP contribution in [0.3, 0.4) is 0 Å². The van der Waals surface area contributed by atoms with Crippen LogP contribution in [0.4, 0.5) is 0 Å². The molecule has 15 heavy (non-hydrogen) atoms. The molecule has 5 nitrogen and oxygen atoms in total. The van der Waals surface area contributed by atoms with Gasteiger partial charge in [-0.3, -0.25) is 4.79 Å². The lowest BCUT2D eigenvalue weighted by atomic mass is 10.2. The Hall–Kier alpha value is -1.43. The zero-order valence-corrected chi connectivity index (χ0v) is 9.45. The second kappa shape index (κ2) is 4.88. The molecule has 0 aliphatic heterocycles. The van der Waals surface area contributed by atoms with Gasteiger partial charge < -0.3 is 10.5 Å². The number of methoxy groups -OCH3 is 1. The molecule has 1 aromatic heterocycles. The molecule has 6 heteroatoms. The Bertz CT molecular complexity index is 416. The molecule has 82 valence electrons. The minimum Gasteiger partial charge on any atom is -0.480 e. The summed E-state index contributed by atoms with van der Waals surface area (Å²) in [5.41, 5.74) is 5.27. The summed E-state index contributed by atoms with van der Waals surface area (Å²) in [6, 6.07) is 2.92. The number of thiocarbonyl (C=S) groups is 1. The number of aromatic nitrogens is 2. The minimum atomic E-state index is -0.195. The summed E-state index contributed by atoms with van der Waals surface area (Å²) in [7, 11) is 1.49. The maximum atomic E-state index is 11.4. The maximum absolute atomic E-state index is 11.4. The monoisotopic (exact) mass is 227 g/mol. The molecule has 1 heterocycles. The number of nitrogens with zero attached hydrogens (tertiary/aromatic N) is 2. The molecular formula is C9H13N3O2S. The number of ether oxygens (including phenoxy) is 1. The molecule has 0 radical (unpaired) electrons. The lowest BCUT2D eigenvalue weighted by Crippen LogP contribution is -2.30. The second-order valence-electron chi connectivity index (χ2n) is 3.20. The highest BCUT2D eigenvalue weighted by atomic mass is 32.1. The van der Waals surface area contributed by atoms with Crippen LogP contribution in [0.1, 0.15) is 6.92 Å². The zero-order chi connectivity index (χ0) is 11.4. The lowest BCUT2D eigenvalue weighted by molar-refractivity contribution is 0.371. The van der Waals surface area contributed by atoms with Crippen molar-refractivity contribution in [2.45, 2.75) is 13.5 Å². The molecule has 1 atom stereocenters. The van der Waals surface area contributed by atoms with Gasteiger partial charge in [-0.1, -0.05) is 19.1 Å². The number of hydrogen-bond acceptors (Lipinski definition) is 4. The van der Waals surface area contributed by atoms with Crippen LogP contribution in [-0.2, 0) is 6.54 Å². The molecule has 1 aromatic rings. The van der Waals surface area contributed by atoms with E-state index in [9.17, 15) is 4.79 Å². The standard InChI is InChI=1S/C9H13N3O2S/c1-6(9(10)15)5-12-8(13)4-3-7(11-12)14-2/h3-4,6H,5H2,1-2H3,(H2,10,15). The van der Waals surface area contributed by atoms with Crippen molar-refractivity contribution in [3.63, 3.8) is 0 Å². The summed E-state index contributed by atoms with van der Waals surface area (Å²) in [6.07, 6.45) is 0. The fourth-order valence-electron chi connectivity index (χ4n) is 1.02. The Morgan fingerprint density at radius 2 is 2.40 bits per heavy atom. The SMILES string of the molecule is COc1ccc(=O)n(CC(C)C(N)=S)n1. The molecule has 0 aliphatic carbocycles. The van der Waals surface area contributed by atoms with Gasteiger partial charge in [0.1, 0.15) is 0 Å². The normalized spacial score (nSPS) is 12.1. The van der Waals surface area contributed by atoms with Gasteiger partial charge in [-0.25, -0.2) is 4.68 Å². The van der Waals surface area contributed by atoms with Crippen molar-refractivity contribution in [1.82, 2.24) is 9.78 Å². The molecule has 0 aromatic carbocycles. The Morgan fingerprint density at radius 3 is 2.93 bits per heavy atom. The molecule has 1 rings (SSSR count). The van der Waals surface area contributed by atoms with Gasteiger partial charge in [-0.2, -0.15) is 0 Å². The third kappa shape index (κ3) is 3.02. The van der Waals surface area contributed by atoms with Gasteiger partial charge in [-0.05, 0) is 0 Å². The Labute approximate surface area is 92.8 Å². The summed E-state index contributed by atoms with van der Waals surface area (Å²) in [6.45, 7) is 2.21. The quantitative estimate of drug-likeness (QED) is 0.743. The van der Waals surface area contributed by atoms with Crippen molar-refractivity contribution < 1.29 is 4.74 Å². The van der Waals surface area contributed by atoms with Gasteiger partial charge in [0, 0.05) is 18.1 Å². The molecule has 0 amide bonds. The predicted octanol–water partition coefficient (Wildman–Crippen LogP) is 0.174. The first-order valence-electron chi connectivity index (χ1n) is 4.46. The molecule has 0 spiro atoms. The fraction of sp³-hybridized carbons (Fsp3) is 0.444. The van der Waals surface area contributed by atoms with E-state index in [2.05, 4.69) is 5.10 Å². The number of rotatable bonds is 4. The van der Waals surface area contributed by atoms with Crippen LogP contribution in [0.5, 0.6) is 5.88 Å². The van der Waals surface area contributed by atoms with E-state index in [0.29, 0.717) is 17.4 Å². The van der Waals surface area contributed by atoms with Crippen LogP contribution in [0.25, 0.3) is 0 Å². The Kier molecular flexibility index (Phi) is 3.79. The number of nitrogens with two attached hydrogens (primary N) is 1. The van der Waals surface area contributed by atoms with Crippen LogP contribution in [0.15, 0.2) is 16.9 Å². The van der Waals surface area contributed by atoms with Crippen LogP contribution >= 0.6 is 12.2 Å². The lowest BCUT2D eigenvalue weighted by Gasteiger charge is -2.11. The summed E-state index contributed by atoms with van der Waals surface area (Å²) >= 11 is 4.83. The molecular weight excluding hydrogens is 214 g/mol. The van der Waals surface area contributed by atoms with Gasteiger partial charge in [0.2, 0.25) is 5.88 Å². The van der Waals surface area contributed by atoms with E-state index in [1.807, 2.05) is 6.92 Å². The van der Waals surface area contributed by atoms with E-state index < -0.39 is 0 Å². The largest absolute Gasteiger partial charge is 0.480 e. The second-order valence-corrected chi connectivity index (χ2v) is 3.67. The zero-order valence-electron chi connectivity index (χ0n) is 8.64. The van der Waals surface area contributed by atoms with E-state index in [1.54, 1.807) is 0 Å².